The van der Waals surface area contributed by atoms with Crippen molar-refractivity contribution in [2.24, 2.45) is 0 Å². The number of carbonyl (C=O) groups is 1. The highest BCUT2D eigenvalue weighted by molar-refractivity contribution is 5.78. The van der Waals surface area contributed by atoms with Crippen LogP contribution in [-0.4, -0.2) is 74.7 Å². The number of nitrogens with one attached hydrogen (secondary N) is 1. The third-order valence-electron chi connectivity index (χ3n) is 3.45. The lowest BCUT2D eigenvalue weighted by molar-refractivity contribution is -0.134. The van der Waals surface area contributed by atoms with E-state index in [0.29, 0.717) is 19.8 Å². The number of hydrogen-bond donors (Lipinski definition) is 1. The molecule has 1 heterocycles. The van der Waals surface area contributed by atoms with Gasteiger partial charge in [-0.05, 0) is 19.9 Å². The van der Waals surface area contributed by atoms with E-state index in [0.717, 1.165) is 32.2 Å². The van der Waals surface area contributed by atoms with Gasteiger partial charge in [0.05, 0.1) is 19.8 Å². The van der Waals surface area contributed by atoms with E-state index < -0.39 is 0 Å². The van der Waals surface area contributed by atoms with Crippen LogP contribution in [0.1, 0.15) is 12.8 Å². The summed E-state index contributed by atoms with van der Waals surface area (Å²) in [5, 5.41) is 3.22. The van der Waals surface area contributed by atoms with Crippen LogP contribution in [-0.2, 0) is 9.53 Å². The van der Waals surface area contributed by atoms with Crippen molar-refractivity contribution in [3.63, 3.8) is 0 Å². The largest absolute Gasteiger partial charge is 0.378 e. The van der Waals surface area contributed by atoms with Crippen LogP contribution < -0.4 is 5.32 Å². The van der Waals surface area contributed by atoms with E-state index in [4.69, 9.17) is 4.74 Å². The van der Waals surface area contributed by atoms with Crippen LogP contribution in [0.2, 0.25) is 0 Å². The first-order valence-electron chi connectivity index (χ1n) is 6.54. The van der Waals surface area contributed by atoms with Gasteiger partial charge in [0.2, 0.25) is 5.91 Å². The maximum absolute atomic E-state index is 11.8. The Kier molecular flexibility index (Phi) is 4.76. The standard InChI is InChI=1S/C12H23N3O2/c1-14(11-2-3-11)5-4-13-10-12(16)15-6-8-17-9-7-15/h11,13H,2-10H2,1H3. The van der Waals surface area contributed by atoms with Gasteiger partial charge in [0, 0.05) is 32.2 Å². The lowest BCUT2D eigenvalue weighted by atomic mass is 10.4. The Balaban J connectivity index is 1.52. The second-order valence-corrected chi connectivity index (χ2v) is 4.88. The van der Waals surface area contributed by atoms with E-state index >= 15 is 0 Å². The van der Waals surface area contributed by atoms with E-state index in [1.807, 2.05) is 4.90 Å². The lowest BCUT2D eigenvalue weighted by Gasteiger charge is -2.27. The zero-order valence-corrected chi connectivity index (χ0v) is 10.7. The number of carbonyl (C=O) groups excluding carboxylic acids is 1. The summed E-state index contributed by atoms with van der Waals surface area (Å²) in [6.45, 7) is 5.21. The normalized spacial score (nSPS) is 20.9. The molecule has 2 aliphatic rings. The second-order valence-electron chi connectivity index (χ2n) is 4.88. The van der Waals surface area contributed by atoms with Crippen LogP contribution >= 0.6 is 0 Å². The summed E-state index contributed by atoms with van der Waals surface area (Å²) >= 11 is 0. The number of amides is 1. The van der Waals surface area contributed by atoms with Gasteiger partial charge >= 0.3 is 0 Å². The van der Waals surface area contributed by atoms with Crippen molar-refractivity contribution < 1.29 is 9.53 Å². The van der Waals surface area contributed by atoms with E-state index in [1.165, 1.54) is 12.8 Å². The highest BCUT2D eigenvalue weighted by atomic mass is 16.5. The maximum Gasteiger partial charge on any atom is 0.236 e. The summed E-state index contributed by atoms with van der Waals surface area (Å²) in [5.41, 5.74) is 0. The minimum Gasteiger partial charge on any atom is -0.378 e. The van der Waals surface area contributed by atoms with Crippen molar-refractivity contribution >= 4 is 5.91 Å². The third kappa shape index (κ3) is 4.26. The molecule has 0 aromatic carbocycles. The van der Waals surface area contributed by atoms with Crippen LogP contribution in [0, 0.1) is 0 Å². The van der Waals surface area contributed by atoms with Gasteiger partial charge in [0.25, 0.3) is 0 Å². The Morgan fingerprint density at radius 1 is 1.41 bits per heavy atom. The molecule has 1 aliphatic carbocycles. The predicted octanol–water partition coefficient (Wildman–Crippen LogP) is -0.471. The molecule has 0 unspecified atom stereocenters. The Morgan fingerprint density at radius 3 is 2.76 bits per heavy atom. The zero-order valence-electron chi connectivity index (χ0n) is 10.7. The molecule has 5 heteroatoms. The Hall–Kier alpha value is -0.650. The van der Waals surface area contributed by atoms with Gasteiger partial charge in [-0.15, -0.1) is 0 Å². The number of nitrogens with zero attached hydrogens (tertiary/aromatic N) is 2. The van der Waals surface area contributed by atoms with Gasteiger partial charge in [-0.25, -0.2) is 0 Å². The second kappa shape index (κ2) is 6.33. The summed E-state index contributed by atoms with van der Waals surface area (Å²) in [7, 11) is 2.16. The third-order valence-corrected chi connectivity index (χ3v) is 3.45. The zero-order chi connectivity index (χ0) is 12.1. The van der Waals surface area contributed by atoms with Crippen LogP contribution in [0.4, 0.5) is 0 Å². The van der Waals surface area contributed by atoms with Crippen molar-refractivity contribution in [2.75, 3.05) is 53.0 Å². The highest BCUT2D eigenvalue weighted by Gasteiger charge is 2.25. The summed E-state index contributed by atoms with van der Waals surface area (Å²) in [4.78, 5) is 16.0. The van der Waals surface area contributed by atoms with Crippen LogP contribution in [0.15, 0.2) is 0 Å². The van der Waals surface area contributed by atoms with E-state index in [9.17, 15) is 4.79 Å². The Bertz CT molecular complexity index is 250. The Morgan fingerprint density at radius 2 is 2.12 bits per heavy atom. The van der Waals surface area contributed by atoms with E-state index in [1.54, 1.807) is 0 Å². The number of rotatable bonds is 6. The van der Waals surface area contributed by atoms with Crippen molar-refractivity contribution in [1.29, 1.82) is 0 Å². The molecule has 1 aliphatic heterocycles. The van der Waals surface area contributed by atoms with Crippen LogP contribution in [0.3, 0.4) is 0 Å². The average molecular weight is 241 g/mol. The van der Waals surface area contributed by atoms with Crippen molar-refractivity contribution in [2.45, 2.75) is 18.9 Å². The first-order valence-corrected chi connectivity index (χ1v) is 6.54. The Labute approximate surface area is 103 Å². The van der Waals surface area contributed by atoms with E-state index in [-0.39, 0.29) is 5.91 Å². The molecular weight excluding hydrogens is 218 g/mol. The number of hydrogen-bond acceptors (Lipinski definition) is 4. The number of likely N-dealkylation sites (N-methyl/N-ethyl adjacent to an activating group) is 1. The number of ether oxygens (including phenoxy) is 1. The van der Waals surface area contributed by atoms with Crippen molar-refractivity contribution in [3.8, 4) is 0 Å². The fourth-order valence-electron chi connectivity index (χ4n) is 2.07. The predicted molar refractivity (Wildman–Crippen MR) is 65.9 cm³/mol. The average Bonchev–Trinajstić information content (AvgIpc) is 3.19. The van der Waals surface area contributed by atoms with Gasteiger partial charge in [0.1, 0.15) is 0 Å². The van der Waals surface area contributed by atoms with Gasteiger partial charge < -0.3 is 19.9 Å². The molecule has 0 spiro atoms. The minimum atomic E-state index is 0.197. The number of morpholine rings is 1. The summed E-state index contributed by atoms with van der Waals surface area (Å²) in [6.07, 6.45) is 2.67. The molecule has 0 bridgehead atoms. The summed E-state index contributed by atoms with van der Waals surface area (Å²) in [6, 6.07) is 0.798. The molecule has 0 atom stereocenters. The lowest BCUT2D eigenvalue weighted by Crippen LogP contribution is -2.45. The molecule has 1 saturated carbocycles. The van der Waals surface area contributed by atoms with Crippen LogP contribution in [0.25, 0.3) is 0 Å². The van der Waals surface area contributed by atoms with Gasteiger partial charge in [-0.3, -0.25) is 4.79 Å². The SMILES string of the molecule is CN(CCNCC(=O)N1CCOCC1)C1CC1. The first kappa shape index (κ1) is 12.8. The maximum atomic E-state index is 11.8. The fourth-order valence-corrected chi connectivity index (χ4v) is 2.07. The van der Waals surface area contributed by atoms with Crippen molar-refractivity contribution in [1.82, 2.24) is 15.1 Å². The molecule has 1 saturated heterocycles. The summed E-state index contributed by atoms with van der Waals surface area (Å²) < 4.78 is 5.22. The van der Waals surface area contributed by atoms with Gasteiger partial charge in [0.15, 0.2) is 0 Å². The molecule has 1 amide bonds. The summed E-state index contributed by atoms with van der Waals surface area (Å²) in [5.74, 6) is 0.197. The first-order chi connectivity index (χ1) is 8.27. The van der Waals surface area contributed by atoms with Gasteiger partial charge in [-0.2, -0.15) is 0 Å². The molecule has 17 heavy (non-hydrogen) atoms. The minimum absolute atomic E-state index is 0.197. The monoisotopic (exact) mass is 241 g/mol. The molecule has 0 aromatic rings. The smallest absolute Gasteiger partial charge is 0.236 e. The molecule has 98 valence electrons. The molecule has 2 fully saturated rings. The molecule has 0 aromatic heterocycles. The fraction of sp³-hybridized carbons (Fsp3) is 0.917. The molecule has 1 N–H and O–H groups in total. The quantitative estimate of drug-likeness (QED) is 0.639. The molecule has 0 radical (unpaired) electrons. The van der Waals surface area contributed by atoms with Gasteiger partial charge in [-0.1, -0.05) is 0 Å². The topological polar surface area (TPSA) is 44.8 Å². The molecule has 2 rings (SSSR count). The highest BCUT2D eigenvalue weighted by Crippen LogP contribution is 2.24. The molecular formula is C12H23N3O2. The molecule has 5 nitrogen and oxygen atoms in total. The van der Waals surface area contributed by atoms with Crippen LogP contribution in [0.5, 0.6) is 0 Å². The van der Waals surface area contributed by atoms with E-state index in [2.05, 4.69) is 17.3 Å². The van der Waals surface area contributed by atoms with Crippen molar-refractivity contribution in [3.05, 3.63) is 0 Å².